The molecule has 0 spiro atoms. The van der Waals surface area contributed by atoms with Crippen LogP contribution >= 0.6 is 0 Å². The van der Waals surface area contributed by atoms with E-state index in [1.807, 2.05) is 26.8 Å². The molecule has 0 aromatic carbocycles. The highest BCUT2D eigenvalue weighted by Gasteiger charge is 1.96. The molecular formula is C11H15N3. The van der Waals surface area contributed by atoms with Crippen molar-refractivity contribution in [1.29, 1.82) is 0 Å². The van der Waals surface area contributed by atoms with Crippen molar-refractivity contribution in [2.45, 2.75) is 27.2 Å². The monoisotopic (exact) mass is 189 g/mol. The predicted octanol–water partition coefficient (Wildman–Crippen LogP) is 1.92. The molecule has 74 valence electrons. The van der Waals surface area contributed by atoms with Gasteiger partial charge in [0.1, 0.15) is 0 Å². The van der Waals surface area contributed by atoms with Gasteiger partial charge in [-0.1, -0.05) is 0 Å². The maximum atomic E-state index is 4.26. The van der Waals surface area contributed by atoms with Crippen LogP contribution in [0.15, 0.2) is 6.07 Å². The number of aryl methyl sites for hydroxylation is 2. The van der Waals surface area contributed by atoms with Gasteiger partial charge in [-0.2, -0.15) is 0 Å². The molecule has 1 heterocycles. The fraction of sp³-hybridized carbons (Fsp3) is 0.455. The number of hydrogen-bond acceptors (Lipinski definition) is 3. The second kappa shape index (κ2) is 5.23. The molecule has 3 heteroatoms. The van der Waals surface area contributed by atoms with Crippen LogP contribution in [0, 0.1) is 25.7 Å². The van der Waals surface area contributed by atoms with E-state index in [9.17, 15) is 0 Å². The van der Waals surface area contributed by atoms with Crippen LogP contribution in [0.5, 0.6) is 0 Å². The Labute approximate surface area is 85.0 Å². The van der Waals surface area contributed by atoms with E-state index in [2.05, 4.69) is 27.1 Å². The summed E-state index contributed by atoms with van der Waals surface area (Å²) in [6.07, 6.45) is 0.826. The summed E-state index contributed by atoms with van der Waals surface area (Å²) in [7, 11) is 0. The van der Waals surface area contributed by atoms with Crippen LogP contribution in [-0.2, 0) is 0 Å². The molecule has 0 aliphatic rings. The van der Waals surface area contributed by atoms with Crippen molar-refractivity contribution in [2.75, 3.05) is 11.9 Å². The van der Waals surface area contributed by atoms with Crippen molar-refractivity contribution in [3.63, 3.8) is 0 Å². The first-order valence-electron chi connectivity index (χ1n) is 4.68. The molecule has 0 aliphatic heterocycles. The van der Waals surface area contributed by atoms with Crippen molar-refractivity contribution in [3.05, 3.63) is 17.5 Å². The Morgan fingerprint density at radius 2 is 1.93 bits per heavy atom. The van der Waals surface area contributed by atoms with E-state index in [4.69, 9.17) is 0 Å². The molecule has 3 nitrogen and oxygen atoms in total. The van der Waals surface area contributed by atoms with Gasteiger partial charge in [0.2, 0.25) is 5.95 Å². The normalized spacial score (nSPS) is 9.07. The van der Waals surface area contributed by atoms with Crippen molar-refractivity contribution in [2.24, 2.45) is 0 Å². The molecule has 0 unspecified atom stereocenters. The van der Waals surface area contributed by atoms with Gasteiger partial charge in [0.25, 0.3) is 0 Å². The largest absolute Gasteiger partial charge is 0.353 e. The molecule has 1 rings (SSSR count). The number of nitrogens with zero attached hydrogens (tertiary/aromatic N) is 2. The zero-order valence-electron chi connectivity index (χ0n) is 8.89. The second-order valence-corrected chi connectivity index (χ2v) is 3.08. The van der Waals surface area contributed by atoms with E-state index in [-0.39, 0.29) is 0 Å². The first-order valence-corrected chi connectivity index (χ1v) is 4.68. The number of nitrogens with one attached hydrogen (secondary N) is 1. The Bertz CT molecular complexity index is 340. The van der Waals surface area contributed by atoms with Crippen molar-refractivity contribution < 1.29 is 0 Å². The number of hydrogen-bond donors (Lipinski definition) is 1. The summed E-state index contributed by atoms with van der Waals surface area (Å²) in [6.45, 7) is 6.56. The van der Waals surface area contributed by atoms with Crippen LogP contribution in [0.4, 0.5) is 5.95 Å². The van der Waals surface area contributed by atoms with E-state index in [0.717, 1.165) is 24.4 Å². The molecule has 0 atom stereocenters. The Hall–Kier alpha value is -1.56. The van der Waals surface area contributed by atoms with Crippen molar-refractivity contribution in [1.82, 2.24) is 9.97 Å². The minimum atomic E-state index is 0.695. The van der Waals surface area contributed by atoms with Crippen LogP contribution in [-0.4, -0.2) is 16.5 Å². The Kier molecular flexibility index (Phi) is 3.93. The maximum Gasteiger partial charge on any atom is 0.223 e. The molecule has 0 amide bonds. The molecule has 0 bridgehead atoms. The van der Waals surface area contributed by atoms with Gasteiger partial charge < -0.3 is 5.32 Å². The summed E-state index contributed by atoms with van der Waals surface area (Å²) < 4.78 is 0. The molecular weight excluding hydrogens is 174 g/mol. The van der Waals surface area contributed by atoms with E-state index in [1.165, 1.54) is 0 Å². The summed E-state index contributed by atoms with van der Waals surface area (Å²) in [4.78, 5) is 8.52. The maximum absolute atomic E-state index is 4.26. The molecule has 1 aromatic heterocycles. The summed E-state index contributed by atoms with van der Waals surface area (Å²) in [5.41, 5.74) is 1.98. The third-order valence-corrected chi connectivity index (χ3v) is 1.69. The summed E-state index contributed by atoms with van der Waals surface area (Å²) in [5.74, 6) is 6.52. The van der Waals surface area contributed by atoms with Crippen molar-refractivity contribution in [3.8, 4) is 11.8 Å². The fourth-order valence-corrected chi connectivity index (χ4v) is 1.17. The molecule has 1 aromatic rings. The molecule has 0 saturated heterocycles. The lowest BCUT2D eigenvalue weighted by atomic mass is 10.3. The molecule has 1 N–H and O–H groups in total. The van der Waals surface area contributed by atoms with Gasteiger partial charge in [-0.05, 0) is 26.8 Å². The minimum Gasteiger partial charge on any atom is -0.353 e. The van der Waals surface area contributed by atoms with Gasteiger partial charge in [-0.15, -0.1) is 11.8 Å². The lowest BCUT2D eigenvalue weighted by molar-refractivity contribution is 0.993. The van der Waals surface area contributed by atoms with Crippen molar-refractivity contribution >= 4 is 5.95 Å². The number of anilines is 1. The molecule has 14 heavy (non-hydrogen) atoms. The third kappa shape index (κ3) is 3.44. The quantitative estimate of drug-likeness (QED) is 0.583. The molecule has 0 aliphatic carbocycles. The Balaban J connectivity index is 2.53. The number of aromatic nitrogens is 2. The average Bonchev–Trinajstić information content (AvgIpc) is 2.11. The molecule has 0 radical (unpaired) electrons. The van der Waals surface area contributed by atoms with Gasteiger partial charge in [-0.3, -0.25) is 0 Å². The van der Waals surface area contributed by atoms with E-state index in [1.54, 1.807) is 0 Å². The van der Waals surface area contributed by atoms with E-state index < -0.39 is 0 Å². The average molecular weight is 189 g/mol. The lowest BCUT2D eigenvalue weighted by Crippen LogP contribution is -2.06. The molecule has 0 fully saturated rings. The number of rotatable bonds is 3. The second-order valence-electron chi connectivity index (χ2n) is 3.08. The van der Waals surface area contributed by atoms with Crippen LogP contribution in [0.1, 0.15) is 24.7 Å². The Morgan fingerprint density at radius 1 is 1.29 bits per heavy atom. The summed E-state index contributed by atoms with van der Waals surface area (Å²) in [6, 6.07) is 1.96. The highest BCUT2D eigenvalue weighted by Crippen LogP contribution is 2.03. The Morgan fingerprint density at radius 3 is 2.50 bits per heavy atom. The summed E-state index contributed by atoms with van der Waals surface area (Å²) in [5, 5.41) is 3.14. The van der Waals surface area contributed by atoms with Gasteiger partial charge >= 0.3 is 0 Å². The van der Waals surface area contributed by atoms with E-state index in [0.29, 0.717) is 5.95 Å². The minimum absolute atomic E-state index is 0.695. The highest BCUT2D eigenvalue weighted by molar-refractivity contribution is 5.27. The topological polar surface area (TPSA) is 37.8 Å². The van der Waals surface area contributed by atoms with Crippen LogP contribution in [0.2, 0.25) is 0 Å². The van der Waals surface area contributed by atoms with Crippen LogP contribution in [0.3, 0.4) is 0 Å². The van der Waals surface area contributed by atoms with E-state index >= 15 is 0 Å². The first-order chi connectivity index (χ1) is 6.72. The summed E-state index contributed by atoms with van der Waals surface area (Å²) >= 11 is 0. The highest BCUT2D eigenvalue weighted by atomic mass is 15.1. The smallest absolute Gasteiger partial charge is 0.223 e. The van der Waals surface area contributed by atoms with Crippen LogP contribution in [0.25, 0.3) is 0 Å². The van der Waals surface area contributed by atoms with Crippen LogP contribution < -0.4 is 5.32 Å². The predicted molar refractivity (Wildman–Crippen MR) is 58.1 cm³/mol. The van der Waals surface area contributed by atoms with Gasteiger partial charge in [0.05, 0.1) is 0 Å². The SMILES string of the molecule is CC#CCCNc1nc(C)cc(C)n1. The van der Waals surface area contributed by atoms with Gasteiger partial charge in [-0.25, -0.2) is 9.97 Å². The third-order valence-electron chi connectivity index (χ3n) is 1.69. The van der Waals surface area contributed by atoms with Gasteiger partial charge in [0.15, 0.2) is 0 Å². The standard InChI is InChI=1S/C11H15N3/c1-4-5-6-7-12-11-13-9(2)8-10(3)14-11/h8H,6-7H2,1-3H3,(H,12,13,14). The first kappa shape index (κ1) is 10.5. The fourth-order valence-electron chi connectivity index (χ4n) is 1.17. The zero-order chi connectivity index (χ0) is 10.4. The molecule has 0 saturated carbocycles. The van der Waals surface area contributed by atoms with Gasteiger partial charge in [0, 0.05) is 24.4 Å². The lowest BCUT2D eigenvalue weighted by Gasteiger charge is -2.03. The zero-order valence-corrected chi connectivity index (χ0v) is 8.89.